The molecule has 0 amide bonds. The first-order chi connectivity index (χ1) is 8.47. The molecule has 1 aromatic carbocycles. The molecular weight excluding hydrogens is 226 g/mol. The Balaban J connectivity index is 2.71. The van der Waals surface area contributed by atoms with Gasteiger partial charge < -0.3 is 9.67 Å². The molecule has 0 atom stereocenters. The number of fused-ring (bicyclic) bond motifs is 1. The Morgan fingerprint density at radius 1 is 1.44 bits per heavy atom. The van der Waals surface area contributed by atoms with Gasteiger partial charge in [0, 0.05) is 6.54 Å². The molecule has 1 N–H and O–H groups in total. The summed E-state index contributed by atoms with van der Waals surface area (Å²) in [6.45, 7) is 6.35. The summed E-state index contributed by atoms with van der Waals surface area (Å²) in [7, 11) is 0. The molecule has 94 valence electrons. The SMILES string of the molecule is CCCn1c(C(C)(C)O)nc2cc(C#N)ccc21. The predicted octanol–water partition coefficient (Wildman–Crippen LogP) is 2.55. The smallest absolute Gasteiger partial charge is 0.141 e. The van der Waals surface area contributed by atoms with Crippen molar-refractivity contribution < 1.29 is 5.11 Å². The maximum atomic E-state index is 10.2. The topological polar surface area (TPSA) is 61.8 Å². The van der Waals surface area contributed by atoms with Gasteiger partial charge in [0.05, 0.1) is 22.7 Å². The Labute approximate surface area is 106 Å². The minimum Gasteiger partial charge on any atom is -0.383 e. The molecular formula is C14H17N3O. The van der Waals surface area contributed by atoms with Gasteiger partial charge in [0.1, 0.15) is 11.4 Å². The quantitative estimate of drug-likeness (QED) is 0.901. The summed E-state index contributed by atoms with van der Waals surface area (Å²) < 4.78 is 2.02. The zero-order valence-electron chi connectivity index (χ0n) is 10.9. The van der Waals surface area contributed by atoms with E-state index in [1.807, 2.05) is 10.6 Å². The molecule has 1 heterocycles. The van der Waals surface area contributed by atoms with Crippen molar-refractivity contribution in [3.8, 4) is 6.07 Å². The molecule has 0 radical (unpaired) electrons. The van der Waals surface area contributed by atoms with Crippen LogP contribution in [-0.2, 0) is 12.1 Å². The zero-order chi connectivity index (χ0) is 13.3. The van der Waals surface area contributed by atoms with Crippen molar-refractivity contribution in [3.05, 3.63) is 29.6 Å². The second-order valence-electron chi connectivity index (χ2n) is 4.96. The summed E-state index contributed by atoms with van der Waals surface area (Å²) in [6.07, 6.45) is 0.967. The maximum absolute atomic E-state index is 10.2. The van der Waals surface area contributed by atoms with Crippen LogP contribution in [0.2, 0.25) is 0 Å². The maximum Gasteiger partial charge on any atom is 0.141 e. The lowest BCUT2D eigenvalue weighted by Gasteiger charge is -2.18. The molecule has 0 spiro atoms. The van der Waals surface area contributed by atoms with Crippen molar-refractivity contribution >= 4 is 11.0 Å². The number of imidazole rings is 1. The van der Waals surface area contributed by atoms with Crippen LogP contribution in [0.1, 0.15) is 38.6 Å². The van der Waals surface area contributed by atoms with Crippen LogP contribution >= 0.6 is 0 Å². The molecule has 1 aromatic heterocycles. The highest BCUT2D eigenvalue weighted by Crippen LogP contribution is 2.25. The number of aliphatic hydroxyl groups is 1. The summed E-state index contributed by atoms with van der Waals surface area (Å²) >= 11 is 0. The van der Waals surface area contributed by atoms with Gasteiger partial charge in [-0.1, -0.05) is 6.92 Å². The van der Waals surface area contributed by atoms with Gasteiger partial charge in [-0.25, -0.2) is 4.98 Å². The third-order valence-electron chi connectivity index (χ3n) is 2.87. The van der Waals surface area contributed by atoms with E-state index in [1.54, 1.807) is 26.0 Å². The second-order valence-corrected chi connectivity index (χ2v) is 4.96. The van der Waals surface area contributed by atoms with E-state index in [0.29, 0.717) is 11.4 Å². The first kappa shape index (κ1) is 12.6. The number of hydrogen-bond acceptors (Lipinski definition) is 3. The van der Waals surface area contributed by atoms with Gasteiger partial charge in [0.25, 0.3) is 0 Å². The van der Waals surface area contributed by atoms with E-state index in [2.05, 4.69) is 18.0 Å². The van der Waals surface area contributed by atoms with Crippen molar-refractivity contribution in [2.45, 2.75) is 39.3 Å². The van der Waals surface area contributed by atoms with E-state index < -0.39 is 5.60 Å². The summed E-state index contributed by atoms with van der Waals surface area (Å²) in [6, 6.07) is 7.54. The molecule has 2 rings (SSSR count). The van der Waals surface area contributed by atoms with Gasteiger partial charge in [-0.2, -0.15) is 5.26 Å². The largest absolute Gasteiger partial charge is 0.383 e. The summed E-state index contributed by atoms with van der Waals surface area (Å²) in [5, 5.41) is 19.1. The van der Waals surface area contributed by atoms with E-state index >= 15 is 0 Å². The summed E-state index contributed by atoms with van der Waals surface area (Å²) in [5.74, 6) is 0.648. The number of rotatable bonds is 3. The fraction of sp³-hybridized carbons (Fsp3) is 0.429. The number of nitriles is 1. The number of benzene rings is 1. The molecule has 0 saturated heterocycles. The van der Waals surface area contributed by atoms with Gasteiger partial charge in [-0.3, -0.25) is 0 Å². The molecule has 0 unspecified atom stereocenters. The van der Waals surface area contributed by atoms with E-state index in [1.165, 1.54) is 0 Å². The minimum absolute atomic E-state index is 0.589. The fourth-order valence-electron chi connectivity index (χ4n) is 2.12. The lowest BCUT2D eigenvalue weighted by atomic mass is 10.1. The third kappa shape index (κ3) is 2.09. The molecule has 0 bridgehead atoms. The van der Waals surface area contributed by atoms with Crippen molar-refractivity contribution in [2.24, 2.45) is 0 Å². The molecule has 0 aliphatic rings. The average Bonchev–Trinajstić information content (AvgIpc) is 2.67. The third-order valence-corrected chi connectivity index (χ3v) is 2.87. The van der Waals surface area contributed by atoms with Crippen LogP contribution in [0.5, 0.6) is 0 Å². The van der Waals surface area contributed by atoms with Crippen LogP contribution < -0.4 is 0 Å². The molecule has 0 aliphatic heterocycles. The van der Waals surface area contributed by atoms with E-state index in [9.17, 15) is 5.11 Å². The highest BCUT2D eigenvalue weighted by Gasteiger charge is 2.24. The number of aryl methyl sites for hydroxylation is 1. The second kappa shape index (κ2) is 4.43. The molecule has 0 aliphatic carbocycles. The molecule has 18 heavy (non-hydrogen) atoms. The van der Waals surface area contributed by atoms with E-state index in [0.717, 1.165) is 24.0 Å². The normalized spacial score (nSPS) is 11.7. The first-order valence-corrected chi connectivity index (χ1v) is 6.10. The van der Waals surface area contributed by atoms with Crippen molar-refractivity contribution in [1.82, 2.24) is 9.55 Å². The lowest BCUT2D eigenvalue weighted by molar-refractivity contribution is 0.0652. The number of hydrogen-bond donors (Lipinski definition) is 1. The van der Waals surface area contributed by atoms with Crippen LogP contribution in [0.4, 0.5) is 0 Å². The van der Waals surface area contributed by atoms with Crippen molar-refractivity contribution in [2.75, 3.05) is 0 Å². The van der Waals surface area contributed by atoms with Crippen LogP contribution in [0.3, 0.4) is 0 Å². The van der Waals surface area contributed by atoms with Crippen molar-refractivity contribution in [1.29, 1.82) is 5.26 Å². The summed E-state index contributed by atoms with van der Waals surface area (Å²) in [5.41, 5.74) is 1.33. The van der Waals surface area contributed by atoms with Crippen LogP contribution in [-0.4, -0.2) is 14.7 Å². The van der Waals surface area contributed by atoms with Gasteiger partial charge in [-0.05, 0) is 38.5 Å². The monoisotopic (exact) mass is 243 g/mol. The van der Waals surface area contributed by atoms with Gasteiger partial charge in [-0.15, -0.1) is 0 Å². The van der Waals surface area contributed by atoms with Crippen LogP contribution in [0, 0.1) is 11.3 Å². The van der Waals surface area contributed by atoms with E-state index in [4.69, 9.17) is 5.26 Å². The molecule has 2 aromatic rings. The highest BCUT2D eigenvalue weighted by molar-refractivity contribution is 5.78. The lowest BCUT2D eigenvalue weighted by Crippen LogP contribution is -2.22. The summed E-state index contributed by atoms with van der Waals surface area (Å²) in [4.78, 5) is 4.47. The van der Waals surface area contributed by atoms with Gasteiger partial charge in [0.15, 0.2) is 0 Å². The number of aromatic nitrogens is 2. The zero-order valence-corrected chi connectivity index (χ0v) is 10.9. The average molecular weight is 243 g/mol. The highest BCUT2D eigenvalue weighted by atomic mass is 16.3. The molecule has 4 nitrogen and oxygen atoms in total. The Kier molecular flexibility index (Phi) is 3.10. The standard InChI is InChI=1S/C14H17N3O/c1-4-7-17-12-6-5-10(9-15)8-11(12)16-13(17)14(2,3)18/h5-6,8,18H,4,7H2,1-3H3. The van der Waals surface area contributed by atoms with Crippen LogP contribution in [0.15, 0.2) is 18.2 Å². The van der Waals surface area contributed by atoms with E-state index in [-0.39, 0.29) is 0 Å². The predicted molar refractivity (Wildman–Crippen MR) is 70.0 cm³/mol. The van der Waals surface area contributed by atoms with Crippen molar-refractivity contribution in [3.63, 3.8) is 0 Å². The first-order valence-electron chi connectivity index (χ1n) is 6.10. The molecule has 4 heteroatoms. The van der Waals surface area contributed by atoms with Crippen LogP contribution in [0.25, 0.3) is 11.0 Å². The van der Waals surface area contributed by atoms with Gasteiger partial charge in [0.2, 0.25) is 0 Å². The Morgan fingerprint density at radius 2 is 2.17 bits per heavy atom. The number of nitrogens with zero attached hydrogens (tertiary/aromatic N) is 3. The van der Waals surface area contributed by atoms with Gasteiger partial charge >= 0.3 is 0 Å². The Bertz CT molecular complexity index is 614. The minimum atomic E-state index is -0.985. The Morgan fingerprint density at radius 3 is 2.72 bits per heavy atom. The fourth-order valence-corrected chi connectivity index (χ4v) is 2.12. The molecule has 0 fully saturated rings. The molecule has 0 saturated carbocycles. The Hall–Kier alpha value is -1.86.